The molecule has 0 fully saturated rings. The fourth-order valence-electron chi connectivity index (χ4n) is 1.30. The van der Waals surface area contributed by atoms with Crippen LogP contribution in [0.25, 0.3) is 0 Å². The molecule has 2 N–H and O–H groups in total. The van der Waals surface area contributed by atoms with E-state index in [0.29, 0.717) is 5.69 Å². The SMILES string of the molecule is Cc1ccc(F)c(Oc2cnc(C(N)=S)cn2)c1. The molecule has 0 aliphatic rings. The predicted octanol–water partition coefficient (Wildman–Crippen LogP) is 2.35. The molecular weight excluding hydrogens is 253 g/mol. The summed E-state index contributed by atoms with van der Waals surface area (Å²) in [4.78, 5) is 8.05. The highest BCUT2D eigenvalue weighted by Crippen LogP contribution is 2.23. The fourth-order valence-corrected chi connectivity index (χ4v) is 1.40. The van der Waals surface area contributed by atoms with Crippen molar-refractivity contribution in [3.8, 4) is 11.6 Å². The van der Waals surface area contributed by atoms with Crippen molar-refractivity contribution in [3.63, 3.8) is 0 Å². The lowest BCUT2D eigenvalue weighted by Gasteiger charge is -2.06. The number of benzene rings is 1. The minimum Gasteiger partial charge on any atom is -0.434 e. The van der Waals surface area contributed by atoms with Gasteiger partial charge in [0, 0.05) is 0 Å². The Balaban J connectivity index is 2.23. The van der Waals surface area contributed by atoms with Crippen LogP contribution in [0.15, 0.2) is 30.6 Å². The molecule has 4 nitrogen and oxygen atoms in total. The van der Waals surface area contributed by atoms with Crippen LogP contribution in [0.4, 0.5) is 4.39 Å². The summed E-state index contributed by atoms with van der Waals surface area (Å²) < 4.78 is 18.7. The molecule has 1 aromatic heterocycles. The first kappa shape index (κ1) is 12.4. The Morgan fingerprint density at radius 1 is 1.33 bits per heavy atom. The van der Waals surface area contributed by atoms with Gasteiger partial charge in [0.05, 0.1) is 12.4 Å². The molecule has 0 aliphatic carbocycles. The zero-order chi connectivity index (χ0) is 13.1. The first-order valence-electron chi connectivity index (χ1n) is 5.12. The summed E-state index contributed by atoms with van der Waals surface area (Å²) >= 11 is 4.75. The third-order valence-electron chi connectivity index (χ3n) is 2.18. The number of nitrogens with two attached hydrogens (primary N) is 1. The molecule has 0 radical (unpaired) electrons. The average molecular weight is 263 g/mol. The topological polar surface area (TPSA) is 61.0 Å². The summed E-state index contributed by atoms with van der Waals surface area (Å²) in [5.41, 5.74) is 6.67. The van der Waals surface area contributed by atoms with Crippen molar-refractivity contribution in [2.45, 2.75) is 6.92 Å². The molecule has 0 unspecified atom stereocenters. The van der Waals surface area contributed by atoms with Gasteiger partial charge in [-0.05, 0) is 24.6 Å². The van der Waals surface area contributed by atoms with Crippen molar-refractivity contribution in [1.29, 1.82) is 0 Å². The Kier molecular flexibility index (Phi) is 3.47. The second-order valence-electron chi connectivity index (χ2n) is 3.64. The molecule has 2 aromatic rings. The van der Waals surface area contributed by atoms with Crippen molar-refractivity contribution in [2.75, 3.05) is 0 Å². The number of ether oxygens (including phenoxy) is 1. The van der Waals surface area contributed by atoms with Crippen molar-refractivity contribution >= 4 is 17.2 Å². The second-order valence-corrected chi connectivity index (χ2v) is 4.08. The lowest BCUT2D eigenvalue weighted by molar-refractivity contribution is 0.425. The molecule has 0 spiro atoms. The van der Waals surface area contributed by atoms with E-state index in [4.69, 9.17) is 22.7 Å². The predicted molar refractivity (Wildman–Crippen MR) is 69.1 cm³/mol. The minimum atomic E-state index is -0.458. The molecule has 0 saturated carbocycles. The number of aromatic nitrogens is 2. The Morgan fingerprint density at radius 3 is 2.72 bits per heavy atom. The number of nitrogens with zero attached hydrogens (tertiary/aromatic N) is 2. The van der Waals surface area contributed by atoms with E-state index in [1.807, 2.05) is 6.92 Å². The first-order chi connectivity index (χ1) is 8.56. The smallest absolute Gasteiger partial charge is 0.238 e. The molecule has 0 bridgehead atoms. The van der Waals surface area contributed by atoms with Crippen LogP contribution in [0.3, 0.4) is 0 Å². The highest BCUT2D eigenvalue weighted by Gasteiger charge is 2.07. The normalized spacial score (nSPS) is 10.1. The molecule has 0 amide bonds. The molecular formula is C12H10FN3OS. The summed E-state index contributed by atoms with van der Waals surface area (Å²) in [6, 6.07) is 4.57. The van der Waals surface area contributed by atoms with Gasteiger partial charge < -0.3 is 10.5 Å². The molecule has 1 heterocycles. The quantitative estimate of drug-likeness (QED) is 0.861. The van der Waals surface area contributed by atoms with Gasteiger partial charge in [-0.1, -0.05) is 18.3 Å². The lowest BCUT2D eigenvalue weighted by Crippen LogP contribution is -2.11. The van der Waals surface area contributed by atoms with Gasteiger partial charge in [0.15, 0.2) is 11.6 Å². The average Bonchev–Trinajstić information content (AvgIpc) is 2.34. The molecule has 0 aliphatic heterocycles. The van der Waals surface area contributed by atoms with E-state index < -0.39 is 5.82 Å². The Labute approximate surface area is 109 Å². The third kappa shape index (κ3) is 2.78. The number of hydrogen-bond acceptors (Lipinski definition) is 4. The van der Waals surface area contributed by atoms with Crippen LogP contribution in [0.1, 0.15) is 11.3 Å². The summed E-state index contributed by atoms with van der Waals surface area (Å²) in [5, 5.41) is 0. The van der Waals surface area contributed by atoms with Gasteiger partial charge in [-0.15, -0.1) is 0 Å². The van der Waals surface area contributed by atoms with Gasteiger partial charge in [-0.2, -0.15) is 0 Å². The third-order valence-corrected chi connectivity index (χ3v) is 2.39. The molecule has 18 heavy (non-hydrogen) atoms. The molecule has 92 valence electrons. The van der Waals surface area contributed by atoms with Gasteiger partial charge in [-0.3, -0.25) is 0 Å². The Morgan fingerprint density at radius 2 is 2.11 bits per heavy atom. The maximum atomic E-state index is 13.4. The summed E-state index contributed by atoms with van der Waals surface area (Å²) in [5.74, 6) is -0.173. The molecule has 6 heteroatoms. The van der Waals surface area contributed by atoms with Crippen molar-refractivity contribution in [3.05, 3.63) is 47.7 Å². The van der Waals surface area contributed by atoms with E-state index >= 15 is 0 Å². The van der Waals surface area contributed by atoms with Crippen molar-refractivity contribution in [1.82, 2.24) is 9.97 Å². The zero-order valence-corrected chi connectivity index (χ0v) is 10.4. The van der Waals surface area contributed by atoms with Crippen LogP contribution < -0.4 is 10.5 Å². The first-order valence-corrected chi connectivity index (χ1v) is 5.53. The van der Waals surface area contributed by atoms with Crippen LogP contribution in [0.2, 0.25) is 0 Å². The van der Waals surface area contributed by atoms with Crippen LogP contribution in [0.5, 0.6) is 11.6 Å². The van der Waals surface area contributed by atoms with E-state index in [9.17, 15) is 4.39 Å². The molecule has 2 rings (SSSR count). The maximum Gasteiger partial charge on any atom is 0.238 e. The highest BCUT2D eigenvalue weighted by atomic mass is 32.1. The van der Waals surface area contributed by atoms with E-state index in [1.165, 1.54) is 18.5 Å². The minimum absolute atomic E-state index is 0.104. The summed E-state index contributed by atoms with van der Waals surface area (Å²) in [6.45, 7) is 1.84. The van der Waals surface area contributed by atoms with Gasteiger partial charge in [0.2, 0.25) is 5.88 Å². The monoisotopic (exact) mass is 263 g/mol. The maximum absolute atomic E-state index is 13.4. The van der Waals surface area contributed by atoms with Crippen LogP contribution in [-0.2, 0) is 0 Å². The lowest BCUT2D eigenvalue weighted by atomic mass is 10.2. The van der Waals surface area contributed by atoms with Crippen molar-refractivity contribution < 1.29 is 9.13 Å². The van der Waals surface area contributed by atoms with Crippen LogP contribution in [0, 0.1) is 12.7 Å². The van der Waals surface area contributed by atoms with Gasteiger partial charge in [-0.25, -0.2) is 14.4 Å². The fraction of sp³-hybridized carbons (Fsp3) is 0.0833. The van der Waals surface area contributed by atoms with Gasteiger partial charge >= 0.3 is 0 Å². The van der Waals surface area contributed by atoms with E-state index in [0.717, 1.165) is 5.56 Å². The largest absolute Gasteiger partial charge is 0.434 e. The highest BCUT2D eigenvalue weighted by molar-refractivity contribution is 7.80. The van der Waals surface area contributed by atoms with Crippen LogP contribution >= 0.6 is 12.2 Å². The number of thiocarbonyl (C=S) groups is 1. The zero-order valence-electron chi connectivity index (χ0n) is 9.55. The number of hydrogen-bond donors (Lipinski definition) is 1. The number of halogens is 1. The Hall–Kier alpha value is -2.08. The molecule has 0 saturated heterocycles. The van der Waals surface area contributed by atoms with Gasteiger partial charge in [0.1, 0.15) is 10.7 Å². The molecule has 0 atom stereocenters. The van der Waals surface area contributed by atoms with E-state index in [1.54, 1.807) is 12.1 Å². The van der Waals surface area contributed by atoms with Gasteiger partial charge in [0.25, 0.3) is 0 Å². The Bertz CT molecular complexity index is 586. The summed E-state index contributed by atoms with van der Waals surface area (Å²) in [7, 11) is 0. The van der Waals surface area contributed by atoms with E-state index in [-0.39, 0.29) is 16.6 Å². The van der Waals surface area contributed by atoms with Crippen molar-refractivity contribution in [2.24, 2.45) is 5.73 Å². The standard InChI is InChI=1S/C12H10FN3OS/c1-7-2-3-8(13)10(4-7)17-11-6-15-9(5-16-11)12(14)18/h2-6H,1H3,(H2,14,18). The van der Waals surface area contributed by atoms with Crippen LogP contribution in [-0.4, -0.2) is 15.0 Å². The number of rotatable bonds is 3. The summed E-state index contributed by atoms with van der Waals surface area (Å²) in [6.07, 6.45) is 2.72. The second kappa shape index (κ2) is 5.05. The van der Waals surface area contributed by atoms with E-state index in [2.05, 4.69) is 9.97 Å². The number of aryl methyl sites for hydroxylation is 1. The molecule has 1 aromatic carbocycles.